The van der Waals surface area contributed by atoms with Crippen molar-refractivity contribution in [2.24, 2.45) is 0 Å². The molecular formula is C18H14N4O. The Bertz CT molecular complexity index is 952. The standard InChI is InChI=1S/C18H14N4O/c23-18(21-14-5-8-16-17(11-14)20-12-19-16)13-3-6-15(7-4-13)22-9-1-2-10-22/h1-12H,(H,19,20)(H,21,23). The Morgan fingerprint density at radius 2 is 1.83 bits per heavy atom. The molecule has 0 unspecified atom stereocenters. The number of amides is 1. The molecule has 0 aliphatic heterocycles. The van der Waals surface area contributed by atoms with Crippen LogP contribution >= 0.6 is 0 Å². The summed E-state index contributed by atoms with van der Waals surface area (Å²) in [6.07, 6.45) is 5.57. The predicted octanol–water partition coefficient (Wildman–Crippen LogP) is 3.61. The Morgan fingerprint density at radius 3 is 2.61 bits per heavy atom. The predicted molar refractivity (Wildman–Crippen MR) is 89.8 cm³/mol. The number of imidazole rings is 1. The number of carbonyl (C=O) groups is 1. The number of anilines is 1. The van der Waals surface area contributed by atoms with E-state index in [-0.39, 0.29) is 5.91 Å². The molecule has 0 spiro atoms. The third-order valence-electron chi connectivity index (χ3n) is 3.71. The molecule has 112 valence electrons. The molecule has 0 atom stereocenters. The minimum absolute atomic E-state index is 0.136. The number of aromatic nitrogens is 3. The fraction of sp³-hybridized carbons (Fsp3) is 0. The molecule has 4 aromatic rings. The van der Waals surface area contributed by atoms with Gasteiger partial charge in [0.25, 0.3) is 5.91 Å². The second-order valence-corrected chi connectivity index (χ2v) is 5.23. The van der Waals surface area contributed by atoms with Crippen LogP contribution in [0.5, 0.6) is 0 Å². The van der Waals surface area contributed by atoms with E-state index < -0.39 is 0 Å². The van der Waals surface area contributed by atoms with Crippen LogP contribution in [0.4, 0.5) is 5.69 Å². The topological polar surface area (TPSA) is 62.7 Å². The number of fused-ring (bicyclic) bond motifs is 1. The Morgan fingerprint density at radius 1 is 1.04 bits per heavy atom. The highest BCUT2D eigenvalue weighted by atomic mass is 16.1. The number of carbonyl (C=O) groups excluding carboxylic acids is 1. The van der Waals surface area contributed by atoms with Gasteiger partial charge in [-0.1, -0.05) is 0 Å². The number of nitrogens with one attached hydrogen (secondary N) is 2. The van der Waals surface area contributed by atoms with Gasteiger partial charge in [0.05, 0.1) is 17.4 Å². The highest BCUT2D eigenvalue weighted by molar-refractivity contribution is 6.05. The van der Waals surface area contributed by atoms with E-state index in [0.29, 0.717) is 5.56 Å². The number of hydrogen-bond donors (Lipinski definition) is 2. The maximum Gasteiger partial charge on any atom is 0.255 e. The smallest absolute Gasteiger partial charge is 0.255 e. The SMILES string of the molecule is O=C(Nc1ccc2nc[nH]c2c1)c1ccc(-n2cccc2)cc1. The molecule has 5 nitrogen and oxygen atoms in total. The second-order valence-electron chi connectivity index (χ2n) is 5.23. The molecule has 1 amide bonds. The summed E-state index contributed by atoms with van der Waals surface area (Å²) in [6, 6.07) is 17.0. The molecular weight excluding hydrogens is 288 g/mol. The zero-order valence-corrected chi connectivity index (χ0v) is 12.2. The van der Waals surface area contributed by atoms with Crippen molar-refractivity contribution in [1.82, 2.24) is 14.5 Å². The number of nitrogens with zero attached hydrogens (tertiary/aromatic N) is 2. The van der Waals surface area contributed by atoms with Crippen molar-refractivity contribution in [2.45, 2.75) is 0 Å². The van der Waals surface area contributed by atoms with Crippen LogP contribution in [0.2, 0.25) is 0 Å². The monoisotopic (exact) mass is 302 g/mol. The van der Waals surface area contributed by atoms with Crippen LogP contribution in [0.3, 0.4) is 0 Å². The van der Waals surface area contributed by atoms with Crippen LogP contribution < -0.4 is 5.32 Å². The van der Waals surface area contributed by atoms with Crippen molar-refractivity contribution in [3.05, 3.63) is 78.9 Å². The molecule has 5 heteroatoms. The van der Waals surface area contributed by atoms with E-state index >= 15 is 0 Å². The fourth-order valence-corrected chi connectivity index (χ4v) is 2.51. The van der Waals surface area contributed by atoms with Gasteiger partial charge in [-0.2, -0.15) is 0 Å². The normalized spacial score (nSPS) is 10.8. The van der Waals surface area contributed by atoms with Crippen LogP contribution in [0, 0.1) is 0 Å². The van der Waals surface area contributed by atoms with Crippen LogP contribution in [-0.4, -0.2) is 20.4 Å². The highest BCUT2D eigenvalue weighted by Crippen LogP contribution is 2.17. The van der Waals surface area contributed by atoms with Crippen LogP contribution in [0.15, 0.2) is 73.3 Å². The average molecular weight is 302 g/mol. The Labute approximate surface area is 132 Å². The third-order valence-corrected chi connectivity index (χ3v) is 3.71. The van der Waals surface area contributed by atoms with E-state index in [4.69, 9.17) is 0 Å². The molecule has 0 saturated carbocycles. The fourth-order valence-electron chi connectivity index (χ4n) is 2.51. The summed E-state index contributed by atoms with van der Waals surface area (Å²) in [4.78, 5) is 19.5. The second kappa shape index (κ2) is 5.46. The Hall–Kier alpha value is -3.34. The molecule has 0 bridgehead atoms. The zero-order valence-electron chi connectivity index (χ0n) is 12.2. The first-order valence-corrected chi connectivity index (χ1v) is 7.27. The lowest BCUT2D eigenvalue weighted by Gasteiger charge is -2.07. The van der Waals surface area contributed by atoms with Crippen LogP contribution in [-0.2, 0) is 0 Å². The minimum atomic E-state index is -0.136. The van der Waals surface area contributed by atoms with Gasteiger partial charge in [0, 0.05) is 29.3 Å². The van der Waals surface area contributed by atoms with Crippen molar-refractivity contribution in [3.63, 3.8) is 0 Å². The van der Waals surface area contributed by atoms with Gasteiger partial charge in [0.15, 0.2) is 0 Å². The lowest BCUT2D eigenvalue weighted by Crippen LogP contribution is -2.11. The van der Waals surface area contributed by atoms with Gasteiger partial charge in [-0.15, -0.1) is 0 Å². The molecule has 0 saturated heterocycles. The summed E-state index contributed by atoms with van der Waals surface area (Å²) in [5, 5.41) is 2.90. The molecule has 0 aliphatic rings. The molecule has 4 rings (SSSR count). The van der Waals surface area contributed by atoms with Gasteiger partial charge in [0.1, 0.15) is 0 Å². The molecule has 2 N–H and O–H groups in total. The summed E-state index contributed by atoms with van der Waals surface area (Å²) in [6.45, 7) is 0. The van der Waals surface area contributed by atoms with E-state index in [1.165, 1.54) is 0 Å². The lowest BCUT2D eigenvalue weighted by molar-refractivity contribution is 0.102. The quantitative estimate of drug-likeness (QED) is 0.607. The number of H-pyrrole nitrogens is 1. The Kier molecular flexibility index (Phi) is 3.16. The van der Waals surface area contributed by atoms with Crippen molar-refractivity contribution >= 4 is 22.6 Å². The Balaban J connectivity index is 1.54. The first kappa shape index (κ1) is 13.3. The first-order valence-electron chi connectivity index (χ1n) is 7.27. The lowest BCUT2D eigenvalue weighted by atomic mass is 10.2. The van der Waals surface area contributed by atoms with Crippen molar-refractivity contribution in [3.8, 4) is 5.69 Å². The number of rotatable bonds is 3. The molecule has 0 aliphatic carbocycles. The summed E-state index contributed by atoms with van der Waals surface area (Å²) < 4.78 is 1.99. The number of aromatic amines is 1. The summed E-state index contributed by atoms with van der Waals surface area (Å²) in [5.41, 5.74) is 4.14. The van der Waals surface area contributed by atoms with Crippen LogP contribution in [0.1, 0.15) is 10.4 Å². The van der Waals surface area contributed by atoms with Crippen molar-refractivity contribution in [2.75, 3.05) is 5.32 Å². The van der Waals surface area contributed by atoms with Gasteiger partial charge >= 0.3 is 0 Å². The van der Waals surface area contributed by atoms with Gasteiger partial charge in [-0.05, 0) is 54.6 Å². The molecule has 2 aromatic heterocycles. The highest BCUT2D eigenvalue weighted by Gasteiger charge is 2.07. The summed E-state index contributed by atoms with van der Waals surface area (Å²) in [5.74, 6) is -0.136. The minimum Gasteiger partial charge on any atom is -0.345 e. The van der Waals surface area contributed by atoms with E-state index in [0.717, 1.165) is 22.4 Å². The molecule has 0 radical (unpaired) electrons. The van der Waals surface area contributed by atoms with Gasteiger partial charge in [-0.25, -0.2) is 4.98 Å². The summed E-state index contributed by atoms with van der Waals surface area (Å²) in [7, 11) is 0. The maximum atomic E-state index is 12.3. The van der Waals surface area contributed by atoms with Gasteiger partial charge in [0.2, 0.25) is 0 Å². The first-order chi connectivity index (χ1) is 11.3. The van der Waals surface area contributed by atoms with E-state index in [2.05, 4.69) is 15.3 Å². The zero-order chi connectivity index (χ0) is 15.6. The third kappa shape index (κ3) is 2.60. The van der Waals surface area contributed by atoms with Crippen molar-refractivity contribution in [1.29, 1.82) is 0 Å². The maximum absolute atomic E-state index is 12.3. The molecule has 0 fully saturated rings. The number of hydrogen-bond acceptors (Lipinski definition) is 2. The van der Waals surface area contributed by atoms with E-state index in [1.54, 1.807) is 6.33 Å². The molecule has 23 heavy (non-hydrogen) atoms. The molecule has 2 aromatic carbocycles. The van der Waals surface area contributed by atoms with E-state index in [1.807, 2.05) is 71.6 Å². The number of benzene rings is 2. The van der Waals surface area contributed by atoms with Gasteiger partial charge in [-0.3, -0.25) is 4.79 Å². The van der Waals surface area contributed by atoms with Gasteiger partial charge < -0.3 is 14.9 Å². The van der Waals surface area contributed by atoms with E-state index in [9.17, 15) is 4.79 Å². The molecule has 2 heterocycles. The van der Waals surface area contributed by atoms with Crippen LogP contribution in [0.25, 0.3) is 16.7 Å². The largest absolute Gasteiger partial charge is 0.345 e. The van der Waals surface area contributed by atoms with Crippen molar-refractivity contribution < 1.29 is 4.79 Å². The average Bonchev–Trinajstić information content (AvgIpc) is 3.26. The summed E-state index contributed by atoms with van der Waals surface area (Å²) >= 11 is 0.